The first-order chi connectivity index (χ1) is 10.1. The molecule has 116 valence electrons. The summed E-state index contributed by atoms with van der Waals surface area (Å²) in [7, 11) is 1.46. The number of ether oxygens (including phenoxy) is 3. The zero-order valence-corrected chi connectivity index (χ0v) is 12.2. The molecule has 7 nitrogen and oxygen atoms in total. The highest BCUT2D eigenvalue weighted by Crippen LogP contribution is 2.35. The Bertz CT molecular complexity index is 508. The van der Waals surface area contributed by atoms with E-state index in [9.17, 15) is 10.1 Å². The molecule has 1 aromatic carbocycles. The molecule has 0 aliphatic heterocycles. The average molecular weight is 296 g/mol. The number of hydrogen-bond acceptors (Lipinski definition) is 6. The maximum absolute atomic E-state index is 11.1. The lowest BCUT2D eigenvalue weighted by atomic mass is 9.86. The van der Waals surface area contributed by atoms with E-state index in [1.807, 2.05) is 6.92 Å². The third-order valence-electron chi connectivity index (χ3n) is 3.45. The molecular formula is C14H20N2O5. The number of hydrogen-bond donors (Lipinski definition) is 1. The van der Waals surface area contributed by atoms with Gasteiger partial charge in [-0.15, -0.1) is 0 Å². The lowest BCUT2D eigenvalue weighted by molar-refractivity contribution is -0.386. The topological polar surface area (TPSA) is 96.9 Å². The summed E-state index contributed by atoms with van der Waals surface area (Å²) in [5.41, 5.74) is 5.77. The van der Waals surface area contributed by atoms with Crippen molar-refractivity contribution in [2.24, 2.45) is 5.73 Å². The molecule has 2 N–H and O–H groups in total. The van der Waals surface area contributed by atoms with Gasteiger partial charge in [-0.05, 0) is 18.6 Å². The van der Waals surface area contributed by atoms with Crippen LogP contribution in [0.2, 0.25) is 0 Å². The number of nitrogens with two attached hydrogens (primary N) is 1. The number of nitro benzene ring substituents is 1. The van der Waals surface area contributed by atoms with Gasteiger partial charge in [-0.1, -0.05) is 6.92 Å². The Morgan fingerprint density at radius 3 is 2.81 bits per heavy atom. The van der Waals surface area contributed by atoms with Gasteiger partial charge in [-0.3, -0.25) is 10.1 Å². The zero-order valence-electron chi connectivity index (χ0n) is 12.2. The second-order valence-electron chi connectivity index (χ2n) is 4.98. The van der Waals surface area contributed by atoms with E-state index < -0.39 is 4.92 Å². The van der Waals surface area contributed by atoms with Crippen LogP contribution in [-0.4, -0.2) is 36.9 Å². The predicted octanol–water partition coefficient (Wildman–Crippen LogP) is 1.88. The van der Waals surface area contributed by atoms with Crippen LogP contribution in [-0.2, 0) is 4.74 Å². The third kappa shape index (κ3) is 3.43. The first-order valence-electron chi connectivity index (χ1n) is 6.93. The van der Waals surface area contributed by atoms with Crippen LogP contribution < -0.4 is 15.2 Å². The summed E-state index contributed by atoms with van der Waals surface area (Å²) in [6, 6.07) is 4.43. The van der Waals surface area contributed by atoms with Gasteiger partial charge in [0.1, 0.15) is 18.0 Å². The van der Waals surface area contributed by atoms with Gasteiger partial charge in [0.2, 0.25) is 0 Å². The fraction of sp³-hybridized carbons (Fsp3) is 0.571. The maximum atomic E-state index is 11.1. The van der Waals surface area contributed by atoms with Crippen molar-refractivity contribution in [1.82, 2.24) is 0 Å². The molecule has 0 spiro atoms. The molecule has 7 heteroatoms. The van der Waals surface area contributed by atoms with Crippen molar-refractivity contribution in [3.8, 4) is 11.5 Å². The van der Waals surface area contributed by atoms with Crippen molar-refractivity contribution < 1.29 is 19.1 Å². The summed E-state index contributed by atoms with van der Waals surface area (Å²) in [6.45, 7) is 2.61. The van der Waals surface area contributed by atoms with Crippen LogP contribution >= 0.6 is 0 Å². The van der Waals surface area contributed by atoms with Crippen LogP contribution in [0.1, 0.15) is 19.8 Å². The molecule has 0 heterocycles. The largest absolute Gasteiger partial charge is 0.496 e. The van der Waals surface area contributed by atoms with Gasteiger partial charge >= 0.3 is 5.69 Å². The maximum Gasteiger partial charge on any atom is 0.314 e. The first-order valence-corrected chi connectivity index (χ1v) is 6.93. The molecule has 3 atom stereocenters. The summed E-state index contributed by atoms with van der Waals surface area (Å²) >= 11 is 0. The quantitative estimate of drug-likeness (QED) is 0.609. The van der Waals surface area contributed by atoms with Gasteiger partial charge in [0.15, 0.2) is 5.75 Å². The Hall–Kier alpha value is -1.86. The van der Waals surface area contributed by atoms with E-state index >= 15 is 0 Å². The molecule has 1 aromatic rings. The van der Waals surface area contributed by atoms with E-state index in [0.29, 0.717) is 18.8 Å². The van der Waals surface area contributed by atoms with Gasteiger partial charge in [0, 0.05) is 19.1 Å². The van der Waals surface area contributed by atoms with Gasteiger partial charge in [-0.25, -0.2) is 0 Å². The fourth-order valence-corrected chi connectivity index (χ4v) is 2.25. The third-order valence-corrected chi connectivity index (χ3v) is 3.45. The van der Waals surface area contributed by atoms with Crippen LogP contribution in [0.25, 0.3) is 0 Å². The molecule has 0 aromatic heterocycles. The molecule has 21 heavy (non-hydrogen) atoms. The van der Waals surface area contributed by atoms with Crippen molar-refractivity contribution in [2.75, 3.05) is 13.7 Å². The Balaban J connectivity index is 2.10. The minimum atomic E-state index is -0.488. The number of methoxy groups -OCH3 is 1. The monoisotopic (exact) mass is 296 g/mol. The van der Waals surface area contributed by atoms with Crippen LogP contribution in [0.15, 0.2) is 18.2 Å². The Labute approximate surface area is 123 Å². The van der Waals surface area contributed by atoms with Crippen molar-refractivity contribution >= 4 is 5.69 Å². The highest BCUT2D eigenvalue weighted by Gasteiger charge is 2.42. The first kappa shape index (κ1) is 15.5. The zero-order chi connectivity index (χ0) is 15.4. The smallest absolute Gasteiger partial charge is 0.314 e. The van der Waals surface area contributed by atoms with E-state index in [1.54, 1.807) is 6.07 Å². The van der Waals surface area contributed by atoms with Crippen LogP contribution in [0.5, 0.6) is 11.5 Å². The molecule has 0 saturated heterocycles. The van der Waals surface area contributed by atoms with E-state index in [2.05, 4.69) is 0 Å². The number of nitro groups is 1. The standard InChI is InChI=1S/C14H20N2O5/c1-3-6-20-14-10(15)8-13(14)21-12-5-4-9(19-2)7-11(12)16(17)18/h4-5,7,10,13-14H,3,6,8,15H2,1-2H3. The fourth-order valence-electron chi connectivity index (χ4n) is 2.25. The minimum absolute atomic E-state index is 0.0844. The van der Waals surface area contributed by atoms with Crippen LogP contribution in [0.4, 0.5) is 5.69 Å². The number of rotatable bonds is 7. The predicted molar refractivity (Wildman–Crippen MR) is 76.7 cm³/mol. The Morgan fingerprint density at radius 2 is 2.24 bits per heavy atom. The van der Waals surface area contributed by atoms with Crippen molar-refractivity contribution in [2.45, 2.75) is 38.0 Å². The molecule has 1 fully saturated rings. The molecule has 0 bridgehead atoms. The summed E-state index contributed by atoms with van der Waals surface area (Å²) in [6.07, 6.45) is 1.04. The normalized spacial score (nSPS) is 24.2. The molecule has 0 amide bonds. The number of benzene rings is 1. The average Bonchev–Trinajstić information content (AvgIpc) is 2.47. The van der Waals surface area contributed by atoms with Crippen molar-refractivity contribution in [1.29, 1.82) is 0 Å². The molecule has 1 saturated carbocycles. The molecule has 1 aliphatic carbocycles. The van der Waals surface area contributed by atoms with Gasteiger partial charge in [-0.2, -0.15) is 0 Å². The highest BCUT2D eigenvalue weighted by atomic mass is 16.6. The molecule has 3 unspecified atom stereocenters. The number of nitrogens with zero attached hydrogens (tertiary/aromatic N) is 1. The van der Waals surface area contributed by atoms with Gasteiger partial charge < -0.3 is 19.9 Å². The van der Waals surface area contributed by atoms with Crippen LogP contribution in [0.3, 0.4) is 0 Å². The van der Waals surface area contributed by atoms with Crippen molar-refractivity contribution in [3.05, 3.63) is 28.3 Å². The lowest BCUT2D eigenvalue weighted by Gasteiger charge is -2.41. The SMILES string of the molecule is CCCOC1C(N)CC1Oc1ccc(OC)cc1[N+](=O)[O-]. The van der Waals surface area contributed by atoms with Gasteiger partial charge in [0.05, 0.1) is 18.1 Å². The van der Waals surface area contributed by atoms with E-state index in [0.717, 1.165) is 6.42 Å². The summed E-state index contributed by atoms with van der Waals surface area (Å²) in [5.74, 6) is 0.626. The molecule has 0 radical (unpaired) electrons. The summed E-state index contributed by atoms with van der Waals surface area (Å²) in [5, 5.41) is 11.1. The van der Waals surface area contributed by atoms with E-state index in [4.69, 9.17) is 19.9 Å². The highest BCUT2D eigenvalue weighted by molar-refractivity contribution is 5.51. The molecular weight excluding hydrogens is 276 g/mol. The van der Waals surface area contributed by atoms with E-state index in [-0.39, 0.29) is 29.7 Å². The second-order valence-corrected chi connectivity index (χ2v) is 4.98. The summed E-state index contributed by atoms with van der Waals surface area (Å²) in [4.78, 5) is 10.6. The van der Waals surface area contributed by atoms with E-state index in [1.165, 1.54) is 19.2 Å². The summed E-state index contributed by atoms with van der Waals surface area (Å²) < 4.78 is 16.3. The minimum Gasteiger partial charge on any atom is -0.496 e. The molecule has 1 aliphatic rings. The Morgan fingerprint density at radius 1 is 1.48 bits per heavy atom. The van der Waals surface area contributed by atoms with Crippen LogP contribution in [0, 0.1) is 10.1 Å². The second kappa shape index (κ2) is 6.73. The lowest BCUT2D eigenvalue weighted by Crippen LogP contribution is -2.59. The van der Waals surface area contributed by atoms with Crippen molar-refractivity contribution in [3.63, 3.8) is 0 Å². The van der Waals surface area contributed by atoms with Gasteiger partial charge in [0.25, 0.3) is 0 Å². The Kier molecular flexibility index (Phi) is 4.98. The molecule has 2 rings (SSSR count).